The summed E-state index contributed by atoms with van der Waals surface area (Å²) < 4.78 is 51.5. The van der Waals surface area contributed by atoms with Crippen LogP contribution in [-0.4, -0.2) is 75.2 Å². The van der Waals surface area contributed by atoms with Crippen LogP contribution in [0, 0.1) is 11.6 Å². The van der Waals surface area contributed by atoms with Crippen LogP contribution in [0.5, 0.6) is 5.75 Å². The van der Waals surface area contributed by atoms with Gasteiger partial charge in [0.2, 0.25) is 5.79 Å². The molecule has 2 aromatic heterocycles. The van der Waals surface area contributed by atoms with E-state index >= 15 is 0 Å². The summed E-state index contributed by atoms with van der Waals surface area (Å²) in [7, 11) is 0. The number of imidazole rings is 1. The molecule has 51 heavy (non-hydrogen) atoms. The van der Waals surface area contributed by atoms with E-state index in [4.69, 9.17) is 14.2 Å². The maximum absolute atomic E-state index is 14.9. The quantitative estimate of drug-likeness (QED) is 0.209. The minimum atomic E-state index is -1.46. The Labute approximate surface area is 292 Å². The zero-order valence-electron chi connectivity index (χ0n) is 27.8. The van der Waals surface area contributed by atoms with E-state index in [2.05, 4.69) is 19.9 Å². The summed E-state index contributed by atoms with van der Waals surface area (Å²) in [5, 5.41) is 4.23. The highest BCUT2D eigenvalue weighted by atomic mass is 19.1. The van der Waals surface area contributed by atoms with Crippen LogP contribution in [0.4, 0.5) is 20.2 Å². The van der Waals surface area contributed by atoms with Gasteiger partial charge in [0.15, 0.2) is 5.78 Å². The van der Waals surface area contributed by atoms with Crippen molar-refractivity contribution >= 4 is 17.2 Å². The average Bonchev–Trinajstić information content (AvgIpc) is 3.97. The van der Waals surface area contributed by atoms with Crippen molar-refractivity contribution in [3.05, 3.63) is 119 Å². The Balaban J connectivity index is 0.847. The zero-order valence-corrected chi connectivity index (χ0v) is 27.8. The first-order chi connectivity index (χ1) is 24.8. The number of hydrogen-bond donors (Lipinski definition) is 0. The molecule has 4 heterocycles. The topological polar surface area (TPSA) is 109 Å². The molecule has 12 nitrogen and oxygen atoms in total. The van der Waals surface area contributed by atoms with Gasteiger partial charge in [-0.15, -0.1) is 0 Å². The van der Waals surface area contributed by atoms with Gasteiger partial charge in [-0.25, -0.2) is 27.8 Å². The highest BCUT2D eigenvalue weighted by Gasteiger charge is 2.46. The van der Waals surface area contributed by atoms with Gasteiger partial charge < -0.3 is 28.6 Å². The van der Waals surface area contributed by atoms with Gasteiger partial charge in [0.25, 0.3) is 0 Å². The molecule has 3 atom stereocenters. The first-order valence-corrected chi connectivity index (χ1v) is 17.1. The van der Waals surface area contributed by atoms with Gasteiger partial charge in [0.1, 0.15) is 42.5 Å². The van der Waals surface area contributed by atoms with Crippen LogP contribution in [0.3, 0.4) is 0 Å². The molecule has 2 aliphatic heterocycles. The second kappa shape index (κ2) is 13.8. The van der Waals surface area contributed by atoms with Gasteiger partial charge in [-0.3, -0.25) is 4.79 Å². The lowest BCUT2D eigenvalue weighted by atomic mass is 10.0. The van der Waals surface area contributed by atoms with Crippen LogP contribution in [0.1, 0.15) is 30.9 Å². The Morgan fingerprint density at radius 1 is 0.882 bits per heavy atom. The first-order valence-electron chi connectivity index (χ1n) is 17.1. The van der Waals surface area contributed by atoms with Crippen LogP contribution in [0.2, 0.25) is 0 Å². The van der Waals surface area contributed by atoms with E-state index in [0.717, 1.165) is 50.0 Å². The van der Waals surface area contributed by atoms with E-state index < -0.39 is 29.6 Å². The molecular weight excluding hydrogens is 660 g/mol. The lowest BCUT2D eigenvalue weighted by molar-refractivity contribution is -0.191. The van der Waals surface area contributed by atoms with E-state index in [1.807, 2.05) is 48.5 Å². The van der Waals surface area contributed by atoms with Crippen molar-refractivity contribution in [3.63, 3.8) is 0 Å². The average molecular weight is 698 g/mol. The monoisotopic (exact) mass is 697 g/mol. The van der Waals surface area contributed by atoms with Gasteiger partial charge in [-0.2, -0.15) is 5.10 Å². The molecule has 1 aliphatic carbocycles. The predicted octanol–water partition coefficient (Wildman–Crippen LogP) is 4.48. The third-order valence-corrected chi connectivity index (χ3v) is 9.82. The molecule has 0 spiro atoms. The Hall–Kier alpha value is -5.34. The molecular formula is C37H37F2N7O5. The Kier molecular flexibility index (Phi) is 8.86. The number of benzene rings is 3. The predicted molar refractivity (Wildman–Crippen MR) is 183 cm³/mol. The Morgan fingerprint density at radius 3 is 2.24 bits per heavy atom. The van der Waals surface area contributed by atoms with Crippen molar-refractivity contribution in [1.82, 2.24) is 23.9 Å². The van der Waals surface area contributed by atoms with Crippen molar-refractivity contribution in [3.8, 4) is 11.4 Å². The number of halogens is 2. The Bertz CT molecular complexity index is 2040. The molecule has 2 saturated heterocycles. The van der Waals surface area contributed by atoms with Gasteiger partial charge in [-0.05, 0) is 73.5 Å². The van der Waals surface area contributed by atoms with Crippen LogP contribution < -0.4 is 20.2 Å². The molecule has 3 unspecified atom stereocenters. The van der Waals surface area contributed by atoms with Crippen LogP contribution in [-0.2, 0) is 26.6 Å². The van der Waals surface area contributed by atoms with E-state index in [1.165, 1.54) is 27.7 Å². The molecule has 5 aromatic rings. The summed E-state index contributed by atoms with van der Waals surface area (Å²) >= 11 is 0. The number of carbonyl (C=O) groups excluding carboxylic acids is 1. The zero-order chi connectivity index (χ0) is 35.0. The van der Waals surface area contributed by atoms with E-state index in [0.29, 0.717) is 24.3 Å². The lowest BCUT2D eigenvalue weighted by Crippen LogP contribution is -2.46. The van der Waals surface area contributed by atoms with E-state index in [9.17, 15) is 18.4 Å². The number of piperazine rings is 1. The highest BCUT2D eigenvalue weighted by molar-refractivity contribution is 5.84. The van der Waals surface area contributed by atoms with Crippen molar-refractivity contribution in [2.24, 2.45) is 0 Å². The van der Waals surface area contributed by atoms with Gasteiger partial charge in [0.05, 0.1) is 25.2 Å². The largest absolute Gasteiger partial charge is 0.491 e. The second-order valence-corrected chi connectivity index (χ2v) is 13.1. The molecule has 8 rings (SSSR count). The molecule has 14 heteroatoms. The number of carbonyl (C=O) groups is 1. The fraction of sp³-hybridized carbons (Fsp3) is 0.351. The van der Waals surface area contributed by atoms with Crippen molar-refractivity contribution in [2.75, 3.05) is 49.2 Å². The standard InChI is InChI=1S/C37H37F2N7O5/c38-26-4-13-32(33(39)20-26)37(23-42-15-14-40-24-42)50-22-31(51-37)21-49-30-11-9-28(10-12-30)44-18-16-43(17-19-44)27-5-7-29(8-6-27)45-25-41-46(36(45)48)34-2-1-3-35(34)47/h4-15,20,24-25,31,34H,1-3,16-19,21-23H2. The summed E-state index contributed by atoms with van der Waals surface area (Å²) in [6.07, 6.45) is 7.87. The van der Waals surface area contributed by atoms with Gasteiger partial charge >= 0.3 is 5.69 Å². The molecule has 0 radical (unpaired) electrons. The summed E-state index contributed by atoms with van der Waals surface area (Å²) in [5.74, 6) is -2.14. The Morgan fingerprint density at radius 2 is 1.59 bits per heavy atom. The summed E-state index contributed by atoms with van der Waals surface area (Å²) in [5.41, 5.74) is 2.68. The molecule has 1 saturated carbocycles. The fourth-order valence-corrected chi connectivity index (χ4v) is 7.13. The first kappa shape index (κ1) is 32.8. The maximum atomic E-state index is 14.9. The smallest absolute Gasteiger partial charge is 0.351 e. The third-order valence-electron chi connectivity index (χ3n) is 9.82. The molecule has 3 aromatic carbocycles. The van der Waals surface area contributed by atoms with Crippen LogP contribution >= 0.6 is 0 Å². The minimum Gasteiger partial charge on any atom is -0.491 e. The van der Waals surface area contributed by atoms with E-state index in [1.54, 1.807) is 23.3 Å². The lowest BCUT2D eigenvalue weighted by Gasteiger charge is -2.37. The molecule has 0 amide bonds. The number of aromatic nitrogens is 5. The van der Waals surface area contributed by atoms with Crippen LogP contribution in [0.15, 0.2) is 96.6 Å². The van der Waals surface area contributed by atoms with Gasteiger partial charge in [-0.1, -0.05) is 0 Å². The summed E-state index contributed by atoms with van der Waals surface area (Å²) in [4.78, 5) is 33.8. The second-order valence-electron chi connectivity index (χ2n) is 13.1. The number of nitrogens with zero attached hydrogens (tertiary/aromatic N) is 7. The number of anilines is 2. The number of ketones is 1. The minimum absolute atomic E-state index is 0.0698. The van der Waals surface area contributed by atoms with Crippen molar-refractivity contribution < 1.29 is 27.8 Å². The molecule has 0 bridgehead atoms. The number of ether oxygens (including phenoxy) is 3. The molecule has 3 fully saturated rings. The number of rotatable bonds is 10. The fourth-order valence-electron chi connectivity index (χ4n) is 7.13. The highest BCUT2D eigenvalue weighted by Crippen LogP contribution is 2.38. The summed E-state index contributed by atoms with van der Waals surface area (Å²) in [6.45, 7) is 3.80. The summed E-state index contributed by atoms with van der Waals surface area (Å²) in [6, 6.07) is 18.6. The van der Waals surface area contributed by atoms with Gasteiger partial charge in [0, 0.05) is 68.0 Å². The van der Waals surface area contributed by atoms with Crippen LogP contribution in [0.25, 0.3) is 5.69 Å². The SMILES string of the molecule is O=C1CCCC1n1ncn(-c2ccc(N3CCN(c4ccc(OCC5COC(Cn6ccnc6)(c6ccc(F)cc6F)O5)cc4)CC3)cc2)c1=O. The van der Waals surface area contributed by atoms with Crippen molar-refractivity contribution in [2.45, 2.75) is 43.7 Å². The van der Waals surface area contributed by atoms with E-state index in [-0.39, 0.29) is 36.8 Å². The number of hydrogen-bond acceptors (Lipinski definition) is 9. The molecule has 0 N–H and O–H groups in total. The maximum Gasteiger partial charge on any atom is 0.351 e. The third kappa shape index (κ3) is 6.64. The normalized spacial score (nSPS) is 22.2. The molecule has 3 aliphatic rings. The number of Topliss-reactive ketones (excluding diaryl/α,β-unsaturated/α-hetero) is 1. The van der Waals surface area contributed by atoms with Crippen molar-refractivity contribution in [1.29, 1.82) is 0 Å². The molecule has 264 valence electrons.